The van der Waals surface area contributed by atoms with Gasteiger partial charge in [-0.25, -0.2) is 24.3 Å². The van der Waals surface area contributed by atoms with E-state index >= 15 is 0 Å². The Labute approximate surface area is 132 Å². The topological polar surface area (TPSA) is 176 Å². The average Bonchev–Trinajstić information content (AvgIpc) is 2.26. The molecule has 0 spiro atoms. The largest absolute Gasteiger partial charge is 0.520 e. The number of carbonyl (C=O) groups is 4. The van der Waals surface area contributed by atoms with Gasteiger partial charge < -0.3 is 30.0 Å². The number of carboxylic acid groups (broad SMARTS) is 4. The van der Waals surface area contributed by atoms with E-state index in [9.17, 15) is 17.6 Å². The van der Waals surface area contributed by atoms with E-state index in [-0.39, 0.29) is 0 Å². The van der Waals surface area contributed by atoms with Crippen LogP contribution < -0.4 is 10.4 Å². The van der Waals surface area contributed by atoms with Gasteiger partial charge in [-0.3, -0.25) is 0 Å². The number of nitrogens with zero attached hydrogens (tertiary/aromatic N) is 1. The maximum Gasteiger partial charge on any atom is 0.492 e. The van der Waals surface area contributed by atoms with E-state index in [0.29, 0.717) is 0 Å². The Balaban J connectivity index is -0.0000000657. The molecule has 0 aliphatic rings. The number of nitrogens with one attached hydrogen (secondary N) is 1. The van der Waals surface area contributed by atoms with Gasteiger partial charge in [-0.15, -0.1) is 13.2 Å². The Bertz CT molecular complexity index is 330. The monoisotopic (exact) mass is 372 g/mol. The highest BCUT2D eigenvalue weighted by atomic mass is 19.2. The number of hydrogen-bond acceptors (Lipinski definition) is 6. The molecule has 0 aromatic rings. The number of hydrogen-bond donors (Lipinski definition) is 4. The highest BCUT2D eigenvalue weighted by Gasteiger charge is 1.99. The van der Waals surface area contributed by atoms with Gasteiger partial charge in [0, 0.05) is 0 Å². The van der Waals surface area contributed by atoms with E-state index in [2.05, 4.69) is 5.32 Å². The molecule has 11 nitrogen and oxygen atoms in total. The summed E-state index contributed by atoms with van der Waals surface area (Å²) in [5, 5.41) is 31.3. The molecule has 24 heavy (non-hydrogen) atoms. The first-order valence-electron chi connectivity index (χ1n) is 4.93. The lowest BCUT2D eigenvalue weighted by Crippen LogP contribution is -2.28. The van der Waals surface area contributed by atoms with Crippen molar-refractivity contribution in [2.24, 2.45) is 0 Å². The molecule has 0 heterocycles. The Morgan fingerprint density at radius 2 is 1.08 bits per heavy atom. The molecule has 0 rings (SSSR count). The third-order valence-corrected chi connectivity index (χ3v) is 0.813. The number of rotatable bonds is 0. The van der Waals surface area contributed by atoms with Crippen molar-refractivity contribution < 1.29 is 66.5 Å². The van der Waals surface area contributed by atoms with E-state index in [1.165, 1.54) is 0 Å². The molecule has 0 unspecified atom stereocenters. The number of methoxy groups -OCH3 is 1. The molecule has 0 saturated carbocycles. The second-order valence-electron chi connectivity index (χ2n) is 2.65. The van der Waals surface area contributed by atoms with Crippen molar-refractivity contribution in [1.82, 2.24) is 5.32 Å². The first kappa shape index (κ1) is 32.7. The van der Waals surface area contributed by atoms with Gasteiger partial charge in [0.15, 0.2) is 0 Å². The molecule has 0 aliphatic carbocycles. The molecular formula is C9H16F4N2O9. The zero-order chi connectivity index (χ0) is 20.9. The normalized spacial score (nSPS) is 6.83. The molecule has 0 aromatic heterocycles. The highest BCUT2D eigenvalue weighted by molar-refractivity contribution is 5.67. The molecule has 0 aliphatic heterocycles. The summed E-state index contributed by atoms with van der Waals surface area (Å²) < 4.78 is 46.3. The van der Waals surface area contributed by atoms with Gasteiger partial charge in [-0.2, -0.15) is 4.39 Å². The maximum absolute atomic E-state index is 9.92. The zero-order valence-corrected chi connectivity index (χ0v) is 12.8. The van der Waals surface area contributed by atoms with Crippen molar-refractivity contribution >= 4 is 30.9 Å². The third-order valence-electron chi connectivity index (χ3n) is 0.813. The smallest absolute Gasteiger partial charge is 0.492 e. The number of amidine groups is 1. The fourth-order valence-corrected chi connectivity index (χ4v) is 0.508. The molecule has 144 valence electrons. The molecule has 0 radical (unpaired) electrons. The van der Waals surface area contributed by atoms with Crippen LogP contribution in [0, 0.1) is 0 Å². The van der Waals surface area contributed by atoms with Gasteiger partial charge >= 0.3 is 24.7 Å². The van der Waals surface area contributed by atoms with E-state index < -0.39 is 24.9 Å². The number of halogens is 4. The molecular weight excluding hydrogens is 356 g/mol. The van der Waals surface area contributed by atoms with Gasteiger partial charge in [0.05, 0.1) is 28.3 Å². The summed E-state index contributed by atoms with van der Waals surface area (Å²) in [7, 11) is 7.27. The first-order chi connectivity index (χ1) is 10.6. The fraction of sp³-hybridized carbons (Fsp3) is 0.444. The molecule has 0 saturated heterocycles. The second-order valence-corrected chi connectivity index (χ2v) is 2.65. The van der Waals surface area contributed by atoms with E-state index in [1.807, 2.05) is 25.7 Å². The van der Waals surface area contributed by atoms with Crippen LogP contribution in [0.4, 0.5) is 36.7 Å². The van der Waals surface area contributed by atoms with Crippen molar-refractivity contribution in [2.75, 3.05) is 28.3 Å². The molecule has 0 fully saturated rings. The Morgan fingerprint density at radius 1 is 0.917 bits per heavy atom. The number of ether oxygens (including phenoxy) is 1. The lowest BCUT2D eigenvalue weighted by Gasteiger charge is -1.97. The van der Waals surface area contributed by atoms with Crippen LogP contribution >= 0.6 is 0 Å². The Hall–Kier alpha value is -3.13. The van der Waals surface area contributed by atoms with Gasteiger partial charge in [-0.1, -0.05) is 0 Å². The maximum atomic E-state index is 9.92. The lowest BCUT2D eigenvalue weighted by atomic mass is 10.9. The minimum Gasteiger partial charge on any atom is -0.520 e. The third kappa shape index (κ3) is 254. The zero-order valence-electron chi connectivity index (χ0n) is 12.8. The van der Waals surface area contributed by atoms with E-state index in [0.717, 1.165) is 6.02 Å². The Morgan fingerprint density at radius 3 is 1.08 bits per heavy atom. The molecule has 15 heteroatoms. The predicted molar refractivity (Wildman–Crippen MR) is 67.1 cm³/mol. The van der Waals surface area contributed by atoms with Crippen molar-refractivity contribution in [2.45, 2.75) is 0 Å². The van der Waals surface area contributed by atoms with Crippen LogP contribution in [0.5, 0.6) is 0 Å². The van der Waals surface area contributed by atoms with Gasteiger partial charge in [0.2, 0.25) is 6.22 Å². The molecule has 4 N–H and O–H groups in total. The van der Waals surface area contributed by atoms with Crippen molar-refractivity contribution in [3.8, 4) is 0 Å². The first-order valence-corrected chi connectivity index (χ1v) is 4.93. The fourth-order valence-electron chi connectivity index (χ4n) is 0.508. The van der Waals surface area contributed by atoms with Crippen LogP contribution in [0.3, 0.4) is 0 Å². The van der Waals surface area contributed by atoms with Gasteiger partial charge in [-0.05, 0) is 0 Å². The summed E-state index contributed by atoms with van der Waals surface area (Å²) in [4.78, 5) is 33.2. The summed E-state index contributed by atoms with van der Waals surface area (Å²) in [6, 6.07) is 0.769. The van der Waals surface area contributed by atoms with E-state index in [4.69, 9.17) is 44.3 Å². The van der Waals surface area contributed by atoms with E-state index in [1.54, 1.807) is 7.11 Å². The molecule has 0 bridgehead atoms. The molecule has 0 aromatic carbocycles. The van der Waals surface area contributed by atoms with Crippen molar-refractivity contribution in [3.63, 3.8) is 0 Å². The van der Waals surface area contributed by atoms with Crippen molar-refractivity contribution in [3.05, 3.63) is 0 Å². The average molecular weight is 372 g/mol. The van der Waals surface area contributed by atoms with Gasteiger partial charge in [0.25, 0.3) is 0 Å². The van der Waals surface area contributed by atoms with Crippen LogP contribution in [0.15, 0.2) is 0 Å². The predicted octanol–water partition coefficient (Wildman–Crippen LogP) is 0.681. The SMILES string of the molecule is CNC(OC)=[N+](C)C.O=C(O)F.O=C(O)F.O=C(O)F.O=C([O-])F. The van der Waals surface area contributed by atoms with Crippen molar-refractivity contribution in [1.29, 1.82) is 0 Å². The minimum absolute atomic E-state index is 0.769. The lowest BCUT2D eigenvalue weighted by molar-refractivity contribution is -0.476. The molecule has 0 amide bonds. The highest BCUT2D eigenvalue weighted by Crippen LogP contribution is 1.66. The van der Waals surface area contributed by atoms with Crippen LogP contribution in [-0.4, -0.2) is 79.1 Å². The van der Waals surface area contributed by atoms with Crippen LogP contribution in [0.1, 0.15) is 0 Å². The van der Waals surface area contributed by atoms with Crippen LogP contribution in [0.2, 0.25) is 0 Å². The van der Waals surface area contributed by atoms with Crippen LogP contribution in [0.25, 0.3) is 0 Å². The number of carbonyl (C=O) groups excluding carboxylic acids is 1. The minimum atomic E-state index is -2.58. The summed E-state index contributed by atoms with van der Waals surface area (Å²) in [5.41, 5.74) is 0. The summed E-state index contributed by atoms with van der Waals surface area (Å²) >= 11 is 0. The summed E-state index contributed by atoms with van der Waals surface area (Å²) in [6.45, 7) is 0. The second kappa shape index (κ2) is 24.9. The summed E-state index contributed by atoms with van der Waals surface area (Å²) in [6.07, 6.45) is -9.58. The molecule has 0 atom stereocenters. The van der Waals surface area contributed by atoms with Crippen LogP contribution in [-0.2, 0) is 4.74 Å². The standard InChI is InChI=1S/C5H12N2O.4CHFO2/c1-6-5(8-4)7(2)3;4*2-1(3)4/h1-4H3;4*(H,3,4). The van der Waals surface area contributed by atoms with Gasteiger partial charge in [0.1, 0.15) is 0 Å². The quantitative estimate of drug-likeness (QED) is 0.155. The summed E-state index contributed by atoms with van der Waals surface area (Å²) in [5.74, 6) is 0. The Kier molecular flexibility index (Phi) is 33.9.